The number of oxime groups is 1. The Morgan fingerprint density at radius 3 is 2.77 bits per heavy atom. The fourth-order valence-electron chi connectivity index (χ4n) is 3.18. The topological polar surface area (TPSA) is 104 Å². The zero-order valence-electron chi connectivity index (χ0n) is 15.7. The van der Waals surface area contributed by atoms with Crippen molar-refractivity contribution in [2.75, 3.05) is 23.3 Å². The Hall–Kier alpha value is -3.01. The standard InChI is InChI=1S/C19H19ClF3N5O2/c20-11-8-14(17(25-10-11)28-6-1-4-19(22,23)5-7-28)18(29)26-12-2-3-15(21)13(9-12)16(24)27-30/h2-3,8-10,30H,1,4-7H2,(H2,24,27)(H,26,29). The van der Waals surface area contributed by atoms with Gasteiger partial charge in [-0.05, 0) is 30.7 Å². The molecule has 0 aliphatic carbocycles. The molecule has 30 heavy (non-hydrogen) atoms. The van der Waals surface area contributed by atoms with Crippen LogP contribution in [0.2, 0.25) is 5.02 Å². The number of nitrogens with two attached hydrogens (primary N) is 1. The molecule has 0 unspecified atom stereocenters. The molecule has 2 heterocycles. The van der Waals surface area contributed by atoms with E-state index in [0.29, 0.717) is 6.54 Å². The molecule has 1 aromatic carbocycles. The average molecular weight is 442 g/mol. The van der Waals surface area contributed by atoms with Crippen LogP contribution in [0.5, 0.6) is 0 Å². The van der Waals surface area contributed by atoms with Crippen LogP contribution in [0.1, 0.15) is 35.2 Å². The maximum atomic E-state index is 13.8. The predicted molar refractivity (Wildman–Crippen MR) is 107 cm³/mol. The molecular weight excluding hydrogens is 423 g/mol. The second kappa shape index (κ2) is 8.78. The second-order valence-corrected chi connectivity index (χ2v) is 7.29. The normalized spacial score (nSPS) is 16.8. The van der Waals surface area contributed by atoms with E-state index in [9.17, 15) is 18.0 Å². The molecule has 160 valence electrons. The molecule has 0 radical (unpaired) electrons. The molecule has 1 amide bonds. The monoisotopic (exact) mass is 441 g/mol. The van der Waals surface area contributed by atoms with E-state index >= 15 is 0 Å². The number of carbonyl (C=O) groups excluding carboxylic acids is 1. The highest BCUT2D eigenvalue weighted by molar-refractivity contribution is 6.31. The number of carbonyl (C=O) groups is 1. The summed E-state index contributed by atoms with van der Waals surface area (Å²) in [5.74, 6) is -4.35. The summed E-state index contributed by atoms with van der Waals surface area (Å²) in [5, 5.41) is 14.3. The highest BCUT2D eigenvalue weighted by Gasteiger charge is 2.33. The third-order valence-corrected chi connectivity index (χ3v) is 4.91. The van der Waals surface area contributed by atoms with Gasteiger partial charge in [-0.3, -0.25) is 4.79 Å². The molecule has 1 saturated heterocycles. The van der Waals surface area contributed by atoms with Crippen LogP contribution >= 0.6 is 11.6 Å². The van der Waals surface area contributed by atoms with Gasteiger partial charge in [0, 0.05) is 37.8 Å². The molecule has 1 aliphatic heterocycles. The largest absolute Gasteiger partial charge is 0.409 e. The van der Waals surface area contributed by atoms with Crippen molar-refractivity contribution in [1.29, 1.82) is 0 Å². The van der Waals surface area contributed by atoms with Crippen LogP contribution in [-0.4, -0.2) is 40.9 Å². The minimum Gasteiger partial charge on any atom is -0.409 e. The molecule has 0 atom stereocenters. The van der Waals surface area contributed by atoms with Crippen molar-refractivity contribution in [3.05, 3.63) is 52.4 Å². The number of aromatic nitrogens is 1. The minimum absolute atomic E-state index is 0.0338. The van der Waals surface area contributed by atoms with Crippen molar-refractivity contribution in [3.63, 3.8) is 0 Å². The highest BCUT2D eigenvalue weighted by Crippen LogP contribution is 2.31. The lowest BCUT2D eigenvalue weighted by molar-refractivity contribution is -0.0102. The van der Waals surface area contributed by atoms with Crippen LogP contribution < -0.4 is 16.0 Å². The Balaban J connectivity index is 1.89. The lowest BCUT2D eigenvalue weighted by atomic mass is 10.1. The Morgan fingerprint density at radius 1 is 1.27 bits per heavy atom. The van der Waals surface area contributed by atoms with Crippen LogP contribution in [0.15, 0.2) is 35.6 Å². The average Bonchev–Trinajstić information content (AvgIpc) is 2.89. The summed E-state index contributed by atoms with van der Waals surface area (Å²) in [4.78, 5) is 18.7. The van der Waals surface area contributed by atoms with Crippen LogP contribution in [-0.2, 0) is 0 Å². The van der Waals surface area contributed by atoms with E-state index in [0.717, 1.165) is 6.07 Å². The first-order valence-corrected chi connectivity index (χ1v) is 9.45. The number of alkyl halides is 2. The third kappa shape index (κ3) is 4.93. The Bertz CT molecular complexity index is 987. The van der Waals surface area contributed by atoms with E-state index in [1.807, 2.05) is 0 Å². The zero-order chi connectivity index (χ0) is 21.9. The highest BCUT2D eigenvalue weighted by atomic mass is 35.5. The van der Waals surface area contributed by atoms with Gasteiger partial charge in [0.15, 0.2) is 5.84 Å². The van der Waals surface area contributed by atoms with E-state index in [1.54, 1.807) is 4.90 Å². The molecule has 1 fully saturated rings. The van der Waals surface area contributed by atoms with Gasteiger partial charge in [-0.25, -0.2) is 18.2 Å². The number of hydrogen-bond acceptors (Lipinski definition) is 5. The molecule has 0 bridgehead atoms. The fourth-order valence-corrected chi connectivity index (χ4v) is 3.34. The molecule has 3 rings (SSSR count). The van der Waals surface area contributed by atoms with Gasteiger partial charge in [0.1, 0.15) is 11.6 Å². The van der Waals surface area contributed by atoms with Crippen molar-refractivity contribution in [2.24, 2.45) is 10.9 Å². The number of benzene rings is 1. The lowest BCUT2D eigenvalue weighted by Gasteiger charge is -2.24. The van der Waals surface area contributed by atoms with Gasteiger partial charge in [0.2, 0.25) is 5.92 Å². The lowest BCUT2D eigenvalue weighted by Crippen LogP contribution is -2.29. The summed E-state index contributed by atoms with van der Waals surface area (Å²) in [7, 11) is 0. The molecule has 2 aromatic rings. The molecule has 0 spiro atoms. The summed E-state index contributed by atoms with van der Waals surface area (Å²) in [5.41, 5.74) is 5.50. The molecule has 7 nitrogen and oxygen atoms in total. The van der Waals surface area contributed by atoms with E-state index in [2.05, 4.69) is 15.5 Å². The van der Waals surface area contributed by atoms with Gasteiger partial charge in [0.05, 0.1) is 16.1 Å². The number of amides is 1. The van der Waals surface area contributed by atoms with Gasteiger partial charge in [-0.15, -0.1) is 0 Å². The number of pyridine rings is 1. The molecule has 11 heteroatoms. The number of hydrogen-bond donors (Lipinski definition) is 3. The van der Waals surface area contributed by atoms with Crippen molar-refractivity contribution in [1.82, 2.24) is 4.98 Å². The first kappa shape index (κ1) is 21.7. The maximum Gasteiger partial charge on any atom is 0.259 e. The Labute approximate surface area is 175 Å². The Kier molecular flexibility index (Phi) is 6.35. The predicted octanol–water partition coefficient (Wildman–Crippen LogP) is 3.85. The summed E-state index contributed by atoms with van der Waals surface area (Å²) in [6.45, 7) is 0.348. The van der Waals surface area contributed by atoms with E-state index in [4.69, 9.17) is 22.5 Å². The van der Waals surface area contributed by atoms with Crippen LogP contribution in [0.25, 0.3) is 0 Å². The maximum absolute atomic E-state index is 13.8. The van der Waals surface area contributed by atoms with Crippen molar-refractivity contribution in [2.45, 2.75) is 25.2 Å². The van der Waals surface area contributed by atoms with E-state index in [-0.39, 0.29) is 53.5 Å². The van der Waals surface area contributed by atoms with Gasteiger partial charge in [-0.1, -0.05) is 16.8 Å². The zero-order valence-corrected chi connectivity index (χ0v) is 16.5. The van der Waals surface area contributed by atoms with Gasteiger partial charge < -0.3 is 21.2 Å². The first-order chi connectivity index (χ1) is 14.2. The summed E-state index contributed by atoms with van der Waals surface area (Å²) >= 11 is 6.00. The van der Waals surface area contributed by atoms with Crippen molar-refractivity contribution in [3.8, 4) is 0 Å². The fraction of sp³-hybridized carbons (Fsp3) is 0.316. The number of rotatable bonds is 4. The second-order valence-electron chi connectivity index (χ2n) is 6.86. The third-order valence-electron chi connectivity index (χ3n) is 4.70. The van der Waals surface area contributed by atoms with Crippen LogP contribution in [0.3, 0.4) is 0 Å². The minimum atomic E-state index is -2.76. The number of anilines is 2. The first-order valence-electron chi connectivity index (χ1n) is 9.07. The number of nitrogens with zero attached hydrogens (tertiary/aromatic N) is 3. The molecule has 0 saturated carbocycles. The quantitative estimate of drug-likeness (QED) is 0.289. The molecule has 1 aliphatic rings. The number of nitrogens with one attached hydrogen (secondary N) is 1. The van der Waals surface area contributed by atoms with E-state index in [1.165, 1.54) is 24.4 Å². The number of amidine groups is 1. The number of halogens is 4. The molecular formula is C19H19ClF3N5O2. The van der Waals surface area contributed by atoms with E-state index < -0.39 is 23.5 Å². The van der Waals surface area contributed by atoms with Gasteiger partial charge in [-0.2, -0.15) is 0 Å². The molecule has 1 aromatic heterocycles. The van der Waals surface area contributed by atoms with Crippen LogP contribution in [0.4, 0.5) is 24.7 Å². The summed E-state index contributed by atoms with van der Waals surface area (Å²) in [6, 6.07) is 4.94. The van der Waals surface area contributed by atoms with Crippen molar-refractivity contribution < 1.29 is 23.2 Å². The van der Waals surface area contributed by atoms with Gasteiger partial charge in [0.25, 0.3) is 5.91 Å². The summed E-state index contributed by atoms with van der Waals surface area (Å²) in [6.07, 6.45) is 1.01. The van der Waals surface area contributed by atoms with Crippen molar-refractivity contribution >= 4 is 34.8 Å². The smallest absolute Gasteiger partial charge is 0.259 e. The summed E-state index contributed by atoms with van der Waals surface area (Å²) < 4.78 is 41.3. The van der Waals surface area contributed by atoms with Gasteiger partial charge >= 0.3 is 0 Å². The Morgan fingerprint density at radius 2 is 2.03 bits per heavy atom. The SMILES string of the molecule is NC(=NO)c1cc(NC(=O)c2cc(Cl)cnc2N2CCCC(F)(F)CC2)ccc1F. The van der Waals surface area contributed by atoms with Crippen LogP contribution in [0, 0.1) is 5.82 Å². The molecule has 4 N–H and O–H groups in total.